The van der Waals surface area contributed by atoms with Crippen molar-refractivity contribution >= 4 is 28.9 Å². The number of carbonyl (C=O) groups excluding carboxylic acids is 1. The van der Waals surface area contributed by atoms with Crippen LogP contribution in [0.4, 0.5) is 11.4 Å². The number of piperidine rings is 1. The number of halogens is 1. The number of nitrogen functional groups attached to an aromatic ring is 1. The lowest BCUT2D eigenvalue weighted by Crippen LogP contribution is -2.42. The number of nitrogens with one attached hydrogen (secondary N) is 1. The molecule has 1 heterocycles. The Morgan fingerprint density at radius 1 is 1.45 bits per heavy atom. The molecule has 0 aliphatic carbocycles. The minimum Gasteiger partial charge on any atom is -0.399 e. The Morgan fingerprint density at radius 3 is 2.90 bits per heavy atom. The highest BCUT2D eigenvalue weighted by Gasteiger charge is 2.24. The molecule has 4 nitrogen and oxygen atoms in total. The molecule has 1 aromatic carbocycles. The number of benzene rings is 1. The second-order valence-electron chi connectivity index (χ2n) is 5.77. The molecule has 1 aliphatic rings. The fourth-order valence-electron chi connectivity index (χ4n) is 2.52. The number of nitrogens with zero attached hydrogens (tertiary/aromatic N) is 1. The Balaban J connectivity index is 1.91. The van der Waals surface area contributed by atoms with E-state index in [2.05, 4.69) is 24.1 Å². The van der Waals surface area contributed by atoms with Crippen LogP contribution in [0.3, 0.4) is 0 Å². The van der Waals surface area contributed by atoms with Gasteiger partial charge in [-0.2, -0.15) is 0 Å². The van der Waals surface area contributed by atoms with Crippen LogP contribution >= 0.6 is 11.6 Å². The summed E-state index contributed by atoms with van der Waals surface area (Å²) in [5.74, 6) is 1.32. The molecule has 1 fully saturated rings. The lowest BCUT2D eigenvalue weighted by atomic mass is 9.89. The fourth-order valence-corrected chi connectivity index (χ4v) is 2.69. The molecule has 2 rings (SSSR count). The molecule has 2 unspecified atom stereocenters. The van der Waals surface area contributed by atoms with E-state index in [0.29, 0.717) is 28.9 Å². The molecule has 0 saturated carbocycles. The van der Waals surface area contributed by atoms with Crippen molar-refractivity contribution in [3.8, 4) is 0 Å². The van der Waals surface area contributed by atoms with Crippen LogP contribution in [0.15, 0.2) is 18.2 Å². The third-order valence-corrected chi connectivity index (χ3v) is 4.38. The summed E-state index contributed by atoms with van der Waals surface area (Å²) >= 11 is 6.04. The fraction of sp³-hybridized carbons (Fsp3) is 0.533. The molecule has 1 amide bonds. The zero-order chi connectivity index (χ0) is 14.7. The monoisotopic (exact) mass is 295 g/mol. The van der Waals surface area contributed by atoms with Crippen LogP contribution in [0.5, 0.6) is 0 Å². The van der Waals surface area contributed by atoms with Crippen molar-refractivity contribution in [3.05, 3.63) is 23.2 Å². The average Bonchev–Trinajstić information content (AvgIpc) is 2.38. The quantitative estimate of drug-likeness (QED) is 0.843. The van der Waals surface area contributed by atoms with Crippen LogP contribution in [0.1, 0.15) is 20.3 Å². The first-order valence-corrected chi connectivity index (χ1v) is 7.40. The smallest absolute Gasteiger partial charge is 0.238 e. The summed E-state index contributed by atoms with van der Waals surface area (Å²) in [6.07, 6.45) is 1.15. The molecule has 3 N–H and O–H groups in total. The van der Waals surface area contributed by atoms with Gasteiger partial charge in [0.1, 0.15) is 0 Å². The number of hydrogen-bond acceptors (Lipinski definition) is 3. The van der Waals surface area contributed by atoms with Crippen molar-refractivity contribution in [3.63, 3.8) is 0 Å². The van der Waals surface area contributed by atoms with Crippen molar-refractivity contribution in [2.24, 2.45) is 11.8 Å². The van der Waals surface area contributed by atoms with E-state index in [0.717, 1.165) is 25.4 Å². The van der Waals surface area contributed by atoms with E-state index in [1.807, 2.05) is 0 Å². The molecule has 1 saturated heterocycles. The van der Waals surface area contributed by atoms with Gasteiger partial charge in [0, 0.05) is 12.2 Å². The first-order valence-electron chi connectivity index (χ1n) is 7.03. The number of carbonyl (C=O) groups is 1. The SMILES string of the molecule is CC1CCN(CC(=O)Nc2cc(N)ccc2Cl)CC1C. The van der Waals surface area contributed by atoms with Gasteiger partial charge in [-0.15, -0.1) is 0 Å². The number of nitrogens with two attached hydrogens (primary N) is 1. The van der Waals surface area contributed by atoms with Gasteiger partial charge in [0.2, 0.25) is 5.91 Å². The molecule has 1 aliphatic heterocycles. The second-order valence-corrected chi connectivity index (χ2v) is 6.17. The van der Waals surface area contributed by atoms with Crippen LogP contribution in [-0.4, -0.2) is 30.4 Å². The van der Waals surface area contributed by atoms with Crippen LogP contribution < -0.4 is 11.1 Å². The van der Waals surface area contributed by atoms with Gasteiger partial charge >= 0.3 is 0 Å². The van der Waals surface area contributed by atoms with Gasteiger partial charge in [0.05, 0.1) is 17.3 Å². The van der Waals surface area contributed by atoms with Crippen LogP contribution in [-0.2, 0) is 4.79 Å². The second kappa shape index (κ2) is 6.46. The molecule has 2 atom stereocenters. The van der Waals surface area contributed by atoms with E-state index in [1.165, 1.54) is 0 Å². The molecule has 20 heavy (non-hydrogen) atoms. The average molecular weight is 296 g/mol. The molecule has 110 valence electrons. The Kier molecular flexibility index (Phi) is 4.89. The highest BCUT2D eigenvalue weighted by Crippen LogP contribution is 2.25. The summed E-state index contributed by atoms with van der Waals surface area (Å²) < 4.78 is 0. The van der Waals surface area contributed by atoms with Gasteiger partial charge in [-0.1, -0.05) is 25.4 Å². The Labute approximate surface area is 125 Å². The number of likely N-dealkylation sites (tertiary alicyclic amines) is 1. The summed E-state index contributed by atoms with van der Waals surface area (Å²) in [4.78, 5) is 14.3. The van der Waals surface area contributed by atoms with Crippen molar-refractivity contribution < 1.29 is 4.79 Å². The van der Waals surface area contributed by atoms with Crippen LogP contribution in [0.25, 0.3) is 0 Å². The molecule has 1 aromatic rings. The zero-order valence-electron chi connectivity index (χ0n) is 12.0. The highest BCUT2D eigenvalue weighted by molar-refractivity contribution is 6.33. The topological polar surface area (TPSA) is 58.4 Å². The summed E-state index contributed by atoms with van der Waals surface area (Å²) in [6, 6.07) is 5.09. The van der Waals surface area contributed by atoms with E-state index < -0.39 is 0 Å². The summed E-state index contributed by atoms with van der Waals surface area (Å²) in [5.41, 5.74) is 6.87. The van der Waals surface area contributed by atoms with Gasteiger partial charge in [0.25, 0.3) is 0 Å². The Morgan fingerprint density at radius 2 is 2.20 bits per heavy atom. The normalized spacial score (nSPS) is 23.6. The standard InChI is InChI=1S/C15H22ClN3O/c1-10-5-6-19(8-11(10)2)9-15(20)18-14-7-12(17)3-4-13(14)16/h3-4,7,10-11H,5-6,8-9,17H2,1-2H3,(H,18,20). The van der Waals surface area contributed by atoms with Gasteiger partial charge in [-0.25, -0.2) is 0 Å². The molecule has 5 heteroatoms. The van der Waals surface area contributed by atoms with Gasteiger partial charge < -0.3 is 11.1 Å². The predicted octanol–water partition coefficient (Wildman–Crippen LogP) is 2.84. The predicted molar refractivity (Wildman–Crippen MR) is 83.9 cm³/mol. The number of anilines is 2. The first-order chi connectivity index (χ1) is 9.45. The number of hydrogen-bond donors (Lipinski definition) is 2. The zero-order valence-corrected chi connectivity index (χ0v) is 12.8. The molecule has 0 aromatic heterocycles. The number of amides is 1. The minimum absolute atomic E-state index is 0.0424. The third kappa shape index (κ3) is 3.87. The van der Waals surface area contributed by atoms with Gasteiger partial charge in [0.15, 0.2) is 0 Å². The maximum Gasteiger partial charge on any atom is 0.238 e. The van der Waals surface area contributed by atoms with Crippen molar-refractivity contribution in [1.29, 1.82) is 0 Å². The minimum atomic E-state index is -0.0424. The van der Waals surface area contributed by atoms with E-state index >= 15 is 0 Å². The lowest BCUT2D eigenvalue weighted by Gasteiger charge is -2.34. The maximum absolute atomic E-state index is 12.1. The van der Waals surface area contributed by atoms with Gasteiger partial charge in [-0.3, -0.25) is 9.69 Å². The summed E-state index contributed by atoms with van der Waals surface area (Å²) in [5, 5.41) is 3.34. The summed E-state index contributed by atoms with van der Waals surface area (Å²) in [7, 11) is 0. The molecule has 0 radical (unpaired) electrons. The molecular formula is C15H22ClN3O. The Hall–Kier alpha value is -1.26. The van der Waals surface area contributed by atoms with E-state index in [4.69, 9.17) is 17.3 Å². The van der Waals surface area contributed by atoms with E-state index in [-0.39, 0.29) is 5.91 Å². The summed E-state index contributed by atoms with van der Waals surface area (Å²) in [6.45, 7) is 6.86. The first kappa shape index (κ1) is 15.1. The van der Waals surface area contributed by atoms with E-state index in [1.54, 1.807) is 18.2 Å². The molecular weight excluding hydrogens is 274 g/mol. The van der Waals surface area contributed by atoms with Crippen molar-refractivity contribution in [2.75, 3.05) is 30.7 Å². The van der Waals surface area contributed by atoms with Crippen LogP contribution in [0, 0.1) is 11.8 Å². The lowest BCUT2D eigenvalue weighted by molar-refractivity contribution is -0.117. The Bertz CT molecular complexity index is 492. The maximum atomic E-state index is 12.1. The van der Waals surface area contributed by atoms with E-state index in [9.17, 15) is 4.79 Å². The number of rotatable bonds is 3. The van der Waals surface area contributed by atoms with Gasteiger partial charge in [-0.05, 0) is 43.0 Å². The van der Waals surface area contributed by atoms with Crippen LogP contribution in [0.2, 0.25) is 5.02 Å². The largest absolute Gasteiger partial charge is 0.399 e. The highest BCUT2D eigenvalue weighted by atomic mass is 35.5. The molecule has 0 bridgehead atoms. The van der Waals surface area contributed by atoms with Crippen molar-refractivity contribution in [2.45, 2.75) is 20.3 Å². The van der Waals surface area contributed by atoms with Crippen molar-refractivity contribution in [1.82, 2.24) is 4.90 Å². The third-order valence-electron chi connectivity index (χ3n) is 4.05. The molecule has 0 spiro atoms.